The van der Waals surface area contributed by atoms with E-state index in [9.17, 15) is 4.39 Å². The van der Waals surface area contributed by atoms with Crippen LogP contribution in [0.4, 0.5) is 16.0 Å². The van der Waals surface area contributed by atoms with E-state index in [1.165, 1.54) is 26.8 Å². The Morgan fingerprint density at radius 3 is 2.54 bits per heavy atom. The number of aryl methyl sites for hydroxylation is 1. The van der Waals surface area contributed by atoms with E-state index >= 15 is 0 Å². The van der Waals surface area contributed by atoms with Crippen molar-refractivity contribution in [3.8, 4) is 21.1 Å². The van der Waals surface area contributed by atoms with Crippen molar-refractivity contribution >= 4 is 46.1 Å². The third-order valence-electron chi connectivity index (χ3n) is 4.13. The summed E-state index contributed by atoms with van der Waals surface area (Å²) >= 11 is 5.12. The normalized spacial score (nSPS) is 11.0. The number of nitrogens with zero attached hydrogens (tertiary/aromatic N) is 3. The molecule has 0 amide bonds. The van der Waals surface area contributed by atoms with Crippen molar-refractivity contribution in [1.29, 1.82) is 0 Å². The number of rotatable bonds is 5. The molecule has 0 aliphatic carbocycles. The van der Waals surface area contributed by atoms with Crippen molar-refractivity contribution in [1.82, 2.24) is 15.0 Å². The summed E-state index contributed by atoms with van der Waals surface area (Å²) in [5, 5.41) is 6.25. The van der Waals surface area contributed by atoms with Crippen molar-refractivity contribution in [3.63, 3.8) is 0 Å². The summed E-state index contributed by atoms with van der Waals surface area (Å²) in [6.07, 6.45) is 3.81. The number of aromatic nitrogens is 3. The van der Waals surface area contributed by atoms with E-state index in [1.54, 1.807) is 52.8 Å². The van der Waals surface area contributed by atoms with Gasteiger partial charge >= 0.3 is 0 Å². The van der Waals surface area contributed by atoms with Crippen LogP contribution in [-0.4, -0.2) is 21.2 Å². The second-order valence-electron chi connectivity index (χ2n) is 6.11. The Morgan fingerprint density at radius 1 is 1.07 bits per heavy atom. The summed E-state index contributed by atoms with van der Waals surface area (Å²) in [4.78, 5) is 14.8. The zero-order valence-corrected chi connectivity index (χ0v) is 17.9. The first-order chi connectivity index (χ1) is 13.5. The maximum absolute atomic E-state index is 13.1. The summed E-state index contributed by atoms with van der Waals surface area (Å²) in [5.41, 5.74) is 4.93. The van der Waals surface area contributed by atoms with Crippen LogP contribution in [0.25, 0.3) is 21.1 Å². The molecule has 0 saturated heterocycles. The number of thioether (sulfide) groups is 1. The lowest BCUT2D eigenvalue weighted by molar-refractivity contribution is 0.628. The molecule has 0 bridgehead atoms. The second kappa shape index (κ2) is 7.98. The molecule has 28 heavy (non-hydrogen) atoms. The number of halogens is 1. The predicted octanol–water partition coefficient (Wildman–Crippen LogP) is 6.55. The van der Waals surface area contributed by atoms with E-state index in [-0.39, 0.29) is 5.82 Å². The molecule has 8 heteroatoms. The second-order valence-corrected chi connectivity index (χ2v) is 9.07. The molecule has 0 saturated carbocycles. The first kappa shape index (κ1) is 19.0. The Hall–Kier alpha value is -2.29. The minimum absolute atomic E-state index is 0.274. The van der Waals surface area contributed by atoms with Gasteiger partial charge in [0.15, 0.2) is 0 Å². The van der Waals surface area contributed by atoms with Gasteiger partial charge in [0.25, 0.3) is 0 Å². The van der Waals surface area contributed by atoms with Gasteiger partial charge in [-0.3, -0.25) is 0 Å². The van der Waals surface area contributed by atoms with E-state index in [0.717, 1.165) is 27.6 Å². The van der Waals surface area contributed by atoms with Gasteiger partial charge in [-0.2, -0.15) is 0 Å². The number of thiophene rings is 1. The van der Waals surface area contributed by atoms with E-state index in [0.29, 0.717) is 5.95 Å². The zero-order valence-electron chi connectivity index (χ0n) is 15.5. The summed E-state index contributed by atoms with van der Waals surface area (Å²) < 4.78 is 14.3. The smallest absolute Gasteiger partial charge is 0.227 e. The van der Waals surface area contributed by atoms with Crippen molar-refractivity contribution in [2.45, 2.75) is 18.1 Å². The SMILES string of the molecule is CSc1sc(-c2nc(C)cs2)c(C)c1-c1ccnc(Nc2ccc(F)cc2)n1. The third-order valence-corrected chi connectivity index (χ3v) is 7.65. The molecule has 0 radical (unpaired) electrons. The van der Waals surface area contributed by atoms with Gasteiger partial charge in [-0.1, -0.05) is 0 Å². The third kappa shape index (κ3) is 3.80. The molecular weight excluding hydrogens is 411 g/mol. The van der Waals surface area contributed by atoms with Crippen LogP contribution in [-0.2, 0) is 0 Å². The molecule has 4 aromatic rings. The predicted molar refractivity (Wildman–Crippen MR) is 117 cm³/mol. The van der Waals surface area contributed by atoms with Gasteiger partial charge in [-0.05, 0) is 56.0 Å². The number of hydrogen-bond donors (Lipinski definition) is 1. The largest absolute Gasteiger partial charge is 0.324 e. The molecule has 142 valence electrons. The van der Waals surface area contributed by atoms with Crippen LogP contribution < -0.4 is 5.32 Å². The van der Waals surface area contributed by atoms with E-state index in [1.807, 2.05) is 13.0 Å². The van der Waals surface area contributed by atoms with Crippen molar-refractivity contribution in [3.05, 3.63) is 59.0 Å². The van der Waals surface area contributed by atoms with Crippen LogP contribution in [0.2, 0.25) is 0 Å². The quantitative estimate of drug-likeness (QED) is 0.365. The molecule has 3 heterocycles. The van der Waals surface area contributed by atoms with Crippen LogP contribution in [0.5, 0.6) is 0 Å². The molecule has 3 aromatic heterocycles. The van der Waals surface area contributed by atoms with Crippen LogP contribution in [0, 0.1) is 19.7 Å². The van der Waals surface area contributed by atoms with Crippen LogP contribution >= 0.6 is 34.4 Å². The van der Waals surface area contributed by atoms with Gasteiger partial charge in [-0.25, -0.2) is 19.3 Å². The van der Waals surface area contributed by atoms with Crippen LogP contribution in [0.1, 0.15) is 11.3 Å². The average molecular weight is 429 g/mol. The fraction of sp³-hybridized carbons (Fsp3) is 0.150. The average Bonchev–Trinajstić information content (AvgIpc) is 3.26. The van der Waals surface area contributed by atoms with Gasteiger partial charge in [0, 0.05) is 28.5 Å². The molecule has 1 aromatic carbocycles. The Morgan fingerprint density at radius 2 is 1.86 bits per heavy atom. The topological polar surface area (TPSA) is 50.7 Å². The van der Waals surface area contributed by atoms with Gasteiger partial charge in [0.1, 0.15) is 10.8 Å². The summed E-state index contributed by atoms with van der Waals surface area (Å²) in [5.74, 6) is 0.206. The molecule has 0 aliphatic heterocycles. The highest BCUT2D eigenvalue weighted by Crippen LogP contribution is 2.46. The molecule has 0 fully saturated rings. The van der Waals surface area contributed by atoms with Crippen LogP contribution in [0.15, 0.2) is 46.1 Å². The Kier molecular flexibility index (Phi) is 5.43. The van der Waals surface area contributed by atoms with E-state index < -0.39 is 0 Å². The number of nitrogens with one attached hydrogen (secondary N) is 1. The molecule has 0 atom stereocenters. The fourth-order valence-corrected chi connectivity index (χ4v) is 5.85. The van der Waals surface area contributed by atoms with Gasteiger partial charge < -0.3 is 5.32 Å². The maximum Gasteiger partial charge on any atom is 0.227 e. The minimum Gasteiger partial charge on any atom is -0.324 e. The number of anilines is 2. The summed E-state index contributed by atoms with van der Waals surface area (Å²) in [7, 11) is 0. The van der Waals surface area contributed by atoms with Gasteiger partial charge in [-0.15, -0.1) is 34.4 Å². The molecule has 0 unspecified atom stereocenters. The molecule has 1 N–H and O–H groups in total. The maximum atomic E-state index is 13.1. The Labute approximate surface area is 174 Å². The van der Waals surface area contributed by atoms with Crippen molar-refractivity contribution in [2.24, 2.45) is 0 Å². The lowest BCUT2D eigenvalue weighted by Gasteiger charge is -2.08. The molecule has 0 spiro atoms. The van der Waals surface area contributed by atoms with E-state index in [2.05, 4.69) is 33.8 Å². The highest BCUT2D eigenvalue weighted by Gasteiger charge is 2.20. The van der Waals surface area contributed by atoms with Crippen molar-refractivity contribution < 1.29 is 4.39 Å². The lowest BCUT2D eigenvalue weighted by Crippen LogP contribution is -1.98. The fourth-order valence-electron chi connectivity index (χ4n) is 2.81. The van der Waals surface area contributed by atoms with Crippen molar-refractivity contribution in [2.75, 3.05) is 11.6 Å². The summed E-state index contributed by atoms with van der Waals surface area (Å²) in [6.45, 7) is 4.13. The highest BCUT2D eigenvalue weighted by atomic mass is 32.2. The summed E-state index contributed by atoms with van der Waals surface area (Å²) in [6, 6.07) is 8.06. The van der Waals surface area contributed by atoms with Gasteiger partial charge in [0.05, 0.1) is 14.8 Å². The first-order valence-corrected chi connectivity index (χ1v) is 11.4. The Balaban J connectivity index is 1.72. The molecule has 4 nitrogen and oxygen atoms in total. The Bertz CT molecular complexity index is 1120. The van der Waals surface area contributed by atoms with E-state index in [4.69, 9.17) is 4.98 Å². The van der Waals surface area contributed by atoms with Crippen LogP contribution in [0.3, 0.4) is 0 Å². The zero-order chi connectivity index (χ0) is 19.7. The minimum atomic E-state index is -0.274. The number of hydrogen-bond acceptors (Lipinski definition) is 7. The molecule has 0 aliphatic rings. The first-order valence-electron chi connectivity index (χ1n) is 8.51. The number of benzene rings is 1. The monoisotopic (exact) mass is 428 g/mol. The molecular formula is C20H17FN4S3. The molecule has 4 rings (SSSR count). The number of thiazole rings is 1. The lowest BCUT2D eigenvalue weighted by atomic mass is 10.1. The standard InChI is InChI=1S/C20H17FN4S3/c1-11-10-27-18(23-11)17-12(2)16(19(26-3)28-17)15-8-9-22-20(25-15)24-14-6-4-13(21)5-7-14/h4-10H,1-3H3,(H,22,24,25). The highest BCUT2D eigenvalue weighted by molar-refractivity contribution is 8.00. The van der Waals surface area contributed by atoms with Gasteiger partial charge in [0.2, 0.25) is 5.95 Å².